The topological polar surface area (TPSA) is 24.4 Å². The molecule has 0 spiro atoms. The molecule has 1 aromatic carbocycles. The number of nitrogens with one attached hydrogen (secondary N) is 1. The van der Waals surface area contributed by atoms with E-state index in [-0.39, 0.29) is 0 Å². The molecule has 1 heterocycles. The van der Waals surface area contributed by atoms with E-state index in [1.54, 1.807) is 0 Å². The third-order valence-corrected chi connectivity index (χ3v) is 3.91. The molecule has 0 saturated heterocycles. The molecule has 68 valence electrons. The second-order valence-electron chi connectivity index (χ2n) is 2.88. The van der Waals surface area contributed by atoms with Gasteiger partial charge in [0.25, 0.3) is 0 Å². The Bertz CT molecular complexity index is 295. The average molecular weight is 239 g/mol. The Kier molecular flexibility index (Phi) is 3.01. The van der Waals surface area contributed by atoms with Crippen LogP contribution in [-0.2, 0) is 0 Å². The molecule has 1 aromatic rings. The van der Waals surface area contributed by atoms with Crippen LogP contribution in [0.1, 0.15) is 6.42 Å². The zero-order valence-corrected chi connectivity index (χ0v) is 9.08. The van der Waals surface area contributed by atoms with Crippen LogP contribution in [-0.4, -0.2) is 26.2 Å². The van der Waals surface area contributed by atoms with E-state index in [1.807, 2.05) is 18.2 Å². The second-order valence-corrected chi connectivity index (χ2v) is 5.15. The van der Waals surface area contributed by atoms with Crippen molar-refractivity contribution in [1.82, 2.24) is 0 Å². The van der Waals surface area contributed by atoms with Crippen LogP contribution >= 0.6 is 0 Å². The first-order valence-corrected chi connectivity index (χ1v) is 6.51. The number of aliphatic imine (C=N–C) groups is 1. The van der Waals surface area contributed by atoms with E-state index in [2.05, 4.69) is 22.4 Å². The van der Waals surface area contributed by atoms with Crippen molar-refractivity contribution in [3.8, 4) is 0 Å². The number of amidine groups is 1. The number of hydrogen-bond acceptors (Lipinski definition) is 2. The molecule has 0 amide bonds. The van der Waals surface area contributed by atoms with E-state index >= 15 is 0 Å². The Labute approximate surface area is 84.6 Å². The first-order chi connectivity index (χ1) is 6.45. The van der Waals surface area contributed by atoms with Crippen molar-refractivity contribution in [1.29, 1.82) is 0 Å². The van der Waals surface area contributed by atoms with Crippen LogP contribution in [0.3, 0.4) is 0 Å². The summed E-state index contributed by atoms with van der Waals surface area (Å²) >= 11 is 0.564. The summed E-state index contributed by atoms with van der Waals surface area (Å²) in [5.74, 6) is 0. The van der Waals surface area contributed by atoms with Crippen molar-refractivity contribution in [2.24, 2.45) is 4.99 Å². The van der Waals surface area contributed by atoms with Crippen LogP contribution in [0.5, 0.6) is 0 Å². The van der Waals surface area contributed by atoms with Crippen molar-refractivity contribution in [3.05, 3.63) is 30.3 Å². The van der Waals surface area contributed by atoms with Gasteiger partial charge in [-0.05, 0) is 0 Å². The fourth-order valence-electron chi connectivity index (χ4n) is 1.18. The SMILES string of the molecule is c1ccc(NC2=NCCC[Se]2)cc1. The van der Waals surface area contributed by atoms with E-state index < -0.39 is 0 Å². The molecule has 0 unspecified atom stereocenters. The minimum absolute atomic E-state index is 0.564. The van der Waals surface area contributed by atoms with E-state index in [4.69, 9.17) is 0 Å². The summed E-state index contributed by atoms with van der Waals surface area (Å²) in [7, 11) is 0. The maximum absolute atomic E-state index is 4.46. The van der Waals surface area contributed by atoms with Gasteiger partial charge in [-0.3, -0.25) is 0 Å². The van der Waals surface area contributed by atoms with Gasteiger partial charge in [0.2, 0.25) is 0 Å². The first kappa shape index (κ1) is 8.79. The Morgan fingerprint density at radius 3 is 2.77 bits per heavy atom. The van der Waals surface area contributed by atoms with E-state index in [9.17, 15) is 0 Å². The maximum atomic E-state index is 4.46. The molecule has 0 radical (unpaired) electrons. The number of nitrogens with zero attached hydrogens (tertiary/aromatic N) is 1. The molecular weight excluding hydrogens is 227 g/mol. The zero-order valence-electron chi connectivity index (χ0n) is 7.36. The quantitative estimate of drug-likeness (QED) is 0.744. The first-order valence-electron chi connectivity index (χ1n) is 4.44. The molecule has 1 aliphatic rings. The Morgan fingerprint density at radius 1 is 1.23 bits per heavy atom. The molecular formula is C10H12N2Se. The van der Waals surface area contributed by atoms with Crippen molar-refractivity contribution in [3.63, 3.8) is 0 Å². The molecule has 0 bridgehead atoms. The number of hydrogen-bond donors (Lipinski definition) is 1. The predicted octanol–water partition coefficient (Wildman–Crippen LogP) is 1.98. The van der Waals surface area contributed by atoms with Gasteiger partial charge in [-0.25, -0.2) is 0 Å². The summed E-state index contributed by atoms with van der Waals surface area (Å²) in [6, 6.07) is 10.3. The Hall–Kier alpha value is -0.791. The summed E-state index contributed by atoms with van der Waals surface area (Å²) in [6.45, 7) is 0.997. The van der Waals surface area contributed by atoms with Crippen LogP contribution in [0.15, 0.2) is 35.3 Å². The monoisotopic (exact) mass is 240 g/mol. The summed E-state index contributed by atoms with van der Waals surface area (Å²) in [5.41, 5.74) is 1.16. The molecule has 1 aliphatic heterocycles. The molecule has 2 rings (SSSR count). The minimum atomic E-state index is 0.564. The van der Waals surface area contributed by atoms with Crippen LogP contribution < -0.4 is 5.32 Å². The van der Waals surface area contributed by atoms with E-state index in [1.165, 1.54) is 16.5 Å². The van der Waals surface area contributed by atoms with Gasteiger partial charge in [0.15, 0.2) is 0 Å². The fraction of sp³-hybridized carbons (Fsp3) is 0.300. The number of benzene rings is 1. The van der Waals surface area contributed by atoms with Gasteiger partial charge in [0, 0.05) is 0 Å². The molecule has 0 atom stereocenters. The van der Waals surface area contributed by atoms with Gasteiger partial charge < -0.3 is 0 Å². The molecule has 1 N–H and O–H groups in total. The number of anilines is 1. The van der Waals surface area contributed by atoms with Crippen LogP contribution in [0, 0.1) is 0 Å². The predicted molar refractivity (Wildman–Crippen MR) is 57.5 cm³/mol. The second kappa shape index (κ2) is 4.45. The molecule has 0 fully saturated rings. The van der Waals surface area contributed by atoms with Gasteiger partial charge in [-0.2, -0.15) is 0 Å². The van der Waals surface area contributed by atoms with Crippen LogP contribution in [0.25, 0.3) is 0 Å². The number of rotatable bonds is 1. The van der Waals surface area contributed by atoms with Crippen LogP contribution in [0.2, 0.25) is 5.32 Å². The Morgan fingerprint density at radius 2 is 2.08 bits per heavy atom. The fourth-order valence-corrected chi connectivity index (χ4v) is 2.94. The van der Waals surface area contributed by atoms with E-state index in [0.717, 1.165) is 12.2 Å². The van der Waals surface area contributed by atoms with Crippen molar-refractivity contribution in [2.45, 2.75) is 11.7 Å². The third kappa shape index (κ3) is 2.58. The average Bonchev–Trinajstić information content (AvgIpc) is 2.21. The number of para-hydroxylation sites is 1. The molecule has 0 saturated carbocycles. The summed E-state index contributed by atoms with van der Waals surface area (Å²) in [5, 5.41) is 4.68. The summed E-state index contributed by atoms with van der Waals surface area (Å²) < 4.78 is 1.20. The van der Waals surface area contributed by atoms with Gasteiger partial charge in [0.1, 0.15) is 0 Å². The van der Waals surface area contributed by atoms with E-state index in [0.29, 0.717) is 15.0 Å². The Balaban J connectivity index is 2.01. The summed E-state index contributed by atoms with van der Waals surface area (Å²) in [6.07, 6.45) is 1.26. The van der Waals surface area contributed by atoms with Crippen molar-refractivity contribution < 1.29 is 0 Å². The van der Waals surface area contributed by atoms with Gasteiger partial charge in [0.05, 0.1) is 0 Å². The summed E-state index contributed by atoms with van der Waals surface area (Å²) in [4.78, 5) is 4.46. The molecule has 2 nitrogen and oxygen atoms in total. The van der Waals surface area contributed by atoms with Crippen molar-refractivity contribution >= 4 is 25.4 Å². The third-order valence-electron chi connectivity index (χ3n) is 1.82. The molecule has 0 aliphatic carbocycles. The van der Waals surface area contributed by atoms with Gasteiger partial charge in [-0.15, -0.1) is 0 Å². The van der Waals surface area contributed by atoms with Crippen LogP contribution in [0.4, 0.5) is 5.69 Å². The standard InChI is InChI=1S/C10H12N2Se/c1-2-5-9(6-3-1)12-10-11-7-4-8-13-10/h1-3,5-6H,4,7-8H2,(H,11,12). The van der Waals surface area contributed by atoms with Crippen molar-refractivity contribution in [2.75, 3.05) is 11.9 Å². The van der Waals surface area contributed by atoms with Gasteiger partial charge in [-0.1, -0.05) is 0 Å². The zero-order chi connectivity index (χ0) is 8.93. The van der Waals surface area contributed by atoms with Gasteiger partial charge >= 0.3 is 84.3 Å². The normalized spacial score (nSPS) is 16.5. The molecule has 3 heteroatoms. The molecule has 13 heavy (non-hydrogen) atoms. The molecule has 0 aromatic heterocycles.